The first-order valence-electron chi connectivity index (χ1n) is 8.34. The zero-order valence-electron chi connectivity index (χ0n) is 15.2. The van der Waals surface area contributed by atoms with Crippen molar-refractivity contribution in [2.24, 2.45) is 5.73 Å². The lowest BCUT2D eigenvalue weighted by Gasteiger charge is -2.27. The SMILES string of the molecule is [C-]#[N+]c1ccc(N(CCOc2ccc(C(N)=O)cc2)CC(F)(F)F)cc1C(F)(F)F. The minimum absolute atomic E-state index is 0.209. The molecule has 0 heterocycles. The van der Waals surface area contributed by atoms with Gasteiger partial charge in [-0.3, -0.25) is 4.79 Å². The second kappa shape index (κ2) is 8.94. The molecule has 0 atom stereocenters. The third-order valence-electron chi connectivity index (χ3n) is 3.91. The van der Waals surface area contributed by atoms with Crippen LogP contribution in [0.1, 0.15) is 15.9 Å². The van der Waals surface area contributed by atoms with Crippen LogP contribution in [0.15, 0.2) is 42.5 Å². The smallest absolute Gasteiger partial charge is 0.407 e. The maximum absolute atomic E-state index is 13.1. The first-order valence-corrected chi connectivity index (χ1v) is 8.34. The van der Waals surface area contributed by atoms with Gasteiger partial charge in [-0.1, -0.05) is 6.07 Å². The Hall–Kier alpha value is -3.42. The molecular weight excluding hydrogens is 416 g/mol. The summed E-state index contributed by atoms with van der Waals surface area (Å²) in [5.74, 6) is -0.424. The van der Waals surface area contributed by atoms with Crippen molar-refractivity contribution in [2.75, 3.05) is 24.6 Å². The maximum atomic E-state index is 13.1. The van der Waals surface area contributed by atoms with E-state index in [2.05, 4.69) is 4.85 Å². The van der Waals surface area contributed by atoms with Crippen LogP contribution in [0.25, 0.3) is 4.85 Å². The fourth-order valence-electron chi connectivity index (χ4n) is 2.55. The fourth-order valence-corrected chi connectivity index (χ4v) is 2.55. The number of carbonyl (C=O) groups excluding carboxylic acids is 1. The summed E-state index contributed by atoms with van der Waals surface area (Å²) >= 11 is 0. The van der Waals surface area contributed by atoms with E-state index in [0.29, 0.717) is 11.0 Å². The van der Waals surface area contributed by atoms with Crippen LogP contribution in [0.3, 0.4) is 0 Å². The van der Waals surface area contributed by atoms with Gasteiger partial charge in [0, 0.05) is 11.3 Å². The van der Waals surface area contributed by atoms with Crippen LogP contribution in [0, 0.1) is 6.57 Å². The average Bonchev–Trinajstić information content (AvgIpc) is 2.65. The highest BCUT2D eigenvalue weighted by Crippen LogP contribution is 2.39. The largest absolute Gasteiger partial charge is 0.492 e. The van der Waals surface area contributed by atoms with Crippen LogP contribution in [-0.2, 0) is 6.18 Å². The van der Waals surface area contributed by atoms with Crippen LogP contribution in [0.4, 0.5) is 37.7 Å². The lowest BCUT2D eigenvalue weighted by molar-refractivity contribution is -0.136. The van der Waals surface area contributed by atoms with E-state index in [4.69, 9.17) is 17.0 Å². The van der Waals surface area contributed by atoms with Crippen molar-refractivity contribution in [2.45, 2.75) is 12.4 Å². The molecule has 0 aliphatic rings. The summed E-state index contributed by atoms with van der Waals surface area (Å²) in [6.07, 6.45) is -9.57. The van der Waals surface area contributed by atoms with Crippen molar-refractivity contribution in [3.05, 3.63) is 65.0 Å². The lowest BCUT2D eigenvalue weighted by Crippen LogP contribution is -2.37. The van der Waals surface area contributed by atoms with Crippen molar-refractivity contribution in [3.8, 4) is 5.75 Å². The summed E-state index contributed by atoms with van der Waals surface area (Å²) < 4.78 is 83.6. The molecule has 2 aromatic carbocycles. The molecule has 160 valence electrons. The molecule has 0 fully saturated rings. The van der Waals surface area contributed by atoms with Crippen molar-refractivity contribution in [1.29, 1.82) is 0 Å². The van der Waals surface area contributed by atoms with Crippen molar-refractivity contribution < 1.29 is 35.9 Å². The van der Waals surface area contributed by atoms with Gasteiger partial charge in [0.1, 0.15) is 18.9 Å². The van der Waals surface area contributed by atoms with Gasteiger partial charge in [0.15, 0.2) is 5.69 Å². The number of alkyl halides is 6. The first kappa shape index (κ1) is 22.9. The van der Waals surface area contributed by atoms with Gasteiger partial charge in [0.25, 0.3) is 0 Å². The number of halogens is 6. The summed E-state index contributed by atoms with van der Waals surface area (Å²) in [5.41, 5.74) is 2.94. The number of anilines is 1. The molecule has 11 heteroatoms. The Balaban J connectivity index is 2.20. The second-order valence-electron chi connectivity index (χ2n) is 6.08. The Morgan fingerprint density at radius 3 is 2.20 bits per heavy atom. The summed E-state index contributed by atoms with van der Waals surface area (Å²) in [6, 6.07) is 7.88. The van der Waals surface area contributed by atoms with E-state index in [1.54, 1.807) is 0 Å². The Kier molecular flexibility index (Phi) is 6.81. The molecule has 2 N–H and O–H groups in total. The van der Waals surface area contributed by atoms with Crippen molar-refractivity contribution in [3.63, 3.8) is 0 Å². The van der Waals surface area contributed by atoms with Crippen LogP contribution < -0.4 is 15.4 Å². The summed E-state index contributed by atoms with van der Waals surface area (Å²) in [7, 11) is 0. The Labute approximate surface area is 167 Å². The molecule has 30 heavy (non-hydrogen) atoms. The van der Waals surface area contributed by atoms with Crippen LogP contribution in [-0.4, -0.2) is 31.8 Å². The Bertz CT molecular complexity index is 933. The van der Waals surface area contributed by atoms with Gasteiger partial charge >= 0.3 is 12.4 Å². The Morgan fingerprint density at radius 2 is 1.70 bits per heavy atom. The normalized spacial score (nSPS) is 11.6. The fraction of sp³-hybridized carbons (Fsp3) is 0.263. The molecule has 0 spiro atoms. The molecule has 5 nitrogen and oxygen atoms in total. The molecule has 0 aliphatic carbocycles. The van der Waals surface area contributed by atoms with Crippen molar-refractivity contribution in [1.82, 2.24) is 0 Å². The maximum Gasteiger partial charge on any atom is 0.407 e. The standard InChI is InChI=1S/C19H15F6N3O2/c1-27-16-7-4-13(10-15(16)19(23,24)25)28(11-18(20,21)22)8-9-30-14-5-2-12(3-6-14)17(26)29/h2-7,10H,8-9,11H2,(H2,26,29). The molecule has 0 aromatic heterocycles. The second-order valence-corrected chi connectivity index (χ2v) is 6.08. The summed E-state index contributed by atoms with van der Waals surface area (Å²) in [5, 5.41) is 0. The van der Waals surface area contributed by atoms with Gasteiger partial charge in [-0.15, -0.1) is 0 Å². The van der Waals surface area contributed by atoms with E-state index >= 15 is 0 Å². The molecule has 2 aromatic rings. The van der Waals surface area contributed by atoms with Gasteiger partial charge in [0.2, 0.25) is 5.91 Å². The van der Waals surface area contributed by atoms with E-state index in [9.17, 15) is 31.1 Å². The molecule has 0 unspecified atom stereocenters. The van der Waals surface area contributed by atoms with Crippen LogP contribution in [0.2, 0.25) is 0 Å². The van der Waals surface area contributed by atoms with Gasteiger partial charge in [0.05, 0.1) is 18.7 Å². The van der Waals surface area contributed by atoms with E-state index in [1.807, 2.05) is 0 Å². The van der Waals surface area contributed by atoms with Crippen molar-refractivity contribution >= 4 is 17.3 Å². The number of ether oxygens (including phenoxy) is 1. The summed E-state index contributed by atoms with van der Waals surface area (Å²) in [6.45, 7) is 4.65. The predicted molar refractivity (Wildman–Crippen MR) is 96.4 cm³/mol. The number of carbonyl (C=O) groups is 1. The third kappa shape index (κ3) is 6.30. The predicted octanol–water partition coefficient (Wildman–Crippen LogP) is 4.80. The van der Waals surface area contributed by atoms with E-state index in [-0.39, 0.29) is 30.2 Å². The van der Waals surface area contributed by atoms with Crippen LogP contribution in [0.5, 0.6) is 5.75 Å². The zero-order valence-corrected chi connectivity index (χ0v) is 15.2. The minimum atomic E-state index is -4.89. The molecule has 0 saturated heterocycles. The van der Waals surface area contributed by atoms with Gasteiger partial charge in [-0.05, 0) is 36.4 Å². The Morgan fingerprint density at radius 1 is 1.07 bits per heavy atom. The number of nitrogens with zero attached hydrogens (tertiary/aromatic N) is 2. The number of rotatable bonds is 7. The number of nitrogens with two attached hydrogens (primary N) is 1. The topological polar surface area (TPSA) is 59.9 Å². The number of hydrogen-bond donors (Lipinski definition) is 1. The highest BCUT2D eigenvalue weighted by Gasteiger charge is 2.35. The molecule has 2 rings (SSSR count). The molecule has 0 saturated carbocycles. The first-order chi connectivity index (χ1) is 13.9. The monoisotopic (exact) mass is 431 g/mol. The molecule has 1 amide bonds. The van der Waals surface area contributed by atoms with E-state index < -0.39 is 36.1 Å². The average molecular weight is 431 g/mol. The molecular formula is C19H15F6N3O2. The molecule has 0 bridgehead atoms. The number of hydrogen-bond acceptors (Lipinski definition) is 3. The number of primary amides is 1. The third-order valence-corrected chi connectivity index (χ3v) is 3.91. The van der Waals surface area contributed by atoms with Gasteiger partial charge in [-0.25, -0.2) is 4.85 Å². The van der Waals surface area contributed by atoms with Gasteiger partial charge < -0.3 is 15.4 Å². The van der Waals surface area contributed by atoms with E-state index in [0.717, 1.165) is 12.1 Å². The lowest BCUT2D eigenvalue weighted by atomic mass is 10.1. The highest BCUT2D eigenvalue weighted by molar-refractivity contribution is 5.92. The quantitative estimate of drug-likeness (QED) is 0.506. The summed E-state index contributed by atoms with van der Waals surface area (Å²) in [4.78, 5) is 14.5. The highest BCUT2D eigenvalue weighted by atomic mass is 19.4. The minimum Gasteiger partial charge on any atom is -0.492 e. The van der Waals surface area contributed by atoms with Gasteiger partial charge in [-0.2, -0.15) is 26.3 Å². The zero-order chi connectivity index (χ0) is 22.5. The molecule has 0 aliphatic heterocycles. The molecule has 0 radical (unpaired) electrons. The van der Waals surface area contributed by atoms with Crippen LogP contribution >= 0.6 is 0 Å². The van der Waals surface area contributed by atoms with E-state index in [1.165, 1.54) is 24.3 Å². The number of amides is 1. The number of benzene rings is 2.